The Kier molecular flexibility index (Phi) is 4.89. The minimum atomic E-state index is -1.02. The van der Waals surface area contributed by atoms with Crippen molar-refractivity contribution in [1.82, 2.24) is 15.5 Å². The van der Waals surface area contributed by atoms with E-state index < -0.39 is 11.6 Å². The number of carbonyl (C=O) groups is 3. The molecule has 1 spiro atoms. The number of urea groups is 1. The molecule has 1 saturated carbocycles. The predicted molar refractivity (Wildman–Crippen MR) is 105 cm³/mol. The molecule has 6 nitrogen and oxygen atoms in total. The summed E-state index contributed by atoms with van der Waals surface area (Å²) in [7, 11) is 0. The van der Waals surface area contributed by atoms with E-state index in [0.29, 0.717) is 18.3 Å². The van der Waals surface area contributed by atoms with Crippen LogP contribution >= 0.6 is 0 Å². The van der Waals surface area contributed by atoms with Gasteiger partial charge in [0.1, 0.15) is 12.1 Å². The van der Waals surface area contributed by atoms with Gasteiger partial charge < -0.3 is 10.6 Å². The summed E-state index contributed by atoms with van der Waals surface area (Å²) in [4.78, 5) is 39.6. The average Bonchev–Trinajstić information content (AvgIpc) is 2.91. The van der Waals surface area contributed by atoms with Crippen molar-refractivity contribution in [2.45, 2.75) is 64.0 Å². The van der Waals surface area contributed by atoms with E-state index in [-0.39, 0.29) is 24.4 Å². The highest BCUT2D eigenvalue weighted by molar-refractivity contribution is 6.09. The third-order valence-electron chi connectivity index (χ3n) is 7.01. The molecule has 150 valence electrons. The molecule has 4 atom stereocenters. The van der Waals surface area contributed by atoms with Crippen LogP contribution < -0.4 is 10.6 Å². The Hall–Kier alpha value is -2.37. The fourth-order valence-electron chi connectivity index (χ4n) is 5.14. The van der Waals surface area contributed by atoms with Crippen LogP contribution in [0, 0.1) is 11.8 Å². The molecule has 1 saturated heterocycles. The zero-order chi connectivity index (χ0) is 19.9. The van der Waals surface area contributed by atoms with Crippen LogP contribution in [0.25, 0.3) is 0 Å². The lowest BCUT2D eigenvalue weighted by Crippen LogP contribution is -2.49. The molecule has 4 amide bonds. The molecule has 2 aliphatic carbocycles. The van der Waals surface area contributed by atoms with Crippen LogP contribution in [0.3, 0.4) is 0 Å². The molecule has 0 radical (unpaired) electrons. The van der Waals surface area contributed by atoms with Gasteiger partial charge in [0, 0.05) is 6.04 Å². The first-order valence-corrected chi connectivity index (χ1v) is 10.4. The van der Waals surface area contributed by atoms with Crippen molar-refractivity contribution in [2.24, 2.45) is 11.8 Å². The van der Waals surface area contributed by atoms with Crippen LogP contribution in [0.15, 0.2) is 24.3 Å². The van der Waals surface area contributed by atoms with Gasteiger partial charge in [0.25, 0.3) is 5.91 Å². The molecular weight excluding hydrogens is 354 g/mol. The number of nitrogens with one attached hydrogen (secondary N) is 2. The topological polar surface area (TPSA) is 78.5 Å². The van der Waals surface area contributed by atoms with Crippen molar-refractivity contribution < 1.29 is 14.4 Å². The van der Waals surface area contributed by atoms with Crippen molar-refractivity contribution >= 4 is 17.8 Å². The SMILES string of the molecule is C[C@@H]1[C@@H](C)CCC[C@H]1NC(=O)CN1C(=O)N[C@]2(CCCc3ccccc32)C1=O. The summed E-state index contributed by atoms with van der Waals surface area (Å²) in [6, 6.07) is 7.42. The fraction of sp³-hybridized carbons (Fsp3) is 0.591. The number of aryl methyl sites for hydroxylation is 1. The fourth-order valence-corrected chi connectivity index (χ4v) is 5.14. The summed E-state index contributed by atoms with van der Waals surface area (Å²) in [5.41, 5.74) is 0.953. The first kappa shape index (κ1) is 19.0. The van der Waals surface area contributed by atoms with Gasteiger partial charge in [-0.3, -0.25) is 14.5 Å². The normalized spacial score (nSPS) is 32.2. The number of rotatable bonds is 3. The number of amides is 4. The lowest BCUT2D eigenvalue weighted by molar-refractivity contribution is -0.136. The molecule has 1 heterocycles. The maximum atomic E-state index is 13.3. The first-order chi connectivity index (χ1) is 13.4. The van der Waals surface area contributed by atoms with Gasteiger partial charge >= 0.3 is 6.03 Å². The molecule has 0 bridgehead atoms. The van der Waals surface area contributed by atoms with Crippen LogP contribution in [0.1, 0.15) is 57.1 Å². The van der Waals surface area contributed by atoms with E-state index in [4.69, 9.17) is 0 Å². The molecule has 6 heteroatoms. The van der Waals surface area contributed by atoms with Crippen LogP contribution in [0.2, 0.25) is 0 Å². The molecule has 0 aromatic heterocycles. The summed E-state index contributed by atoms with van der Waals surface area (Å²) in [5, 5.41) is 5.97. The zero-order valence-corrected chi connectivity index (χ0v) is 16.7. The molecule has 2 N–H and O–H groups in total. The Morgan fingerprint density at radius 1 is 1.21 bits per heavy atom. The first-order valence-electron chi connectivity index (χ1n) is 10.4. The van der Waals surface area contributed by atoms with E-state index in [1.165, 1.54) is 6.42 Å². The molecule has 0 unspecified atom stereocenters. The van der Waals surface area contributed by atoms with Gasteiger partial charge in [0.15, 0.2) is 0 Å². The minimum Gasteiger partial charge on any atom is -0.352 e. The Bertz CT molecular complexity index is 808. The highest BCUT2D eigenvalue weighted by Gasteiger charge is 2.54. The van der Waals surface area contributed by atoms with E-state index in [0.717, 1.165) is 41.7 Å². The highest BCUT2D eigenvalue weighted by atomic mass is 16.2. The van der Waals surface area contributed by atoms with Crippen LogP contribution in [-0.4, -0.2) is 35.3 Å². The van der Waals surface area contributed by atoms with Gasteiger partial charge in [0.05, 0.1) is 0 Å². The number of nitrogens with zero attached hydrogens (tertiary/aromatic N) is 1. The monoisotopic (exact) mass is 383 g/mol. The number of hydrogen-bond acceptors (Lipinski definition) is 3. The van der Waals surface area contributed by atoms with Gasteiger partial charge in [-0.05, 0) is 48.6 Å². The molecule has 2 fully saturated rings. The average molecular weight is 383 g/mol. The van der Waals surface area contributed by atoms with Crippen LogP contribution in [0.4, 0.5) is 4.79 Å². The van der Waals surface area contributed by atoms with Gasteiger partial charge in [-0.1, -0.05) is 51.0 Å². The Balaban J connectivity index is 1.49. The maximum absolute atomic E-state index is 13.3. The largest absolute Gasteiger partial charge is 0.352 e. The van der Waals surface area contributed by atoms with Gasteiger partial charge in [-0.25, -0.2) is 4.79 Å². The molecule has 1 aliphatic heterocycles. The van der Waals surface area contributed by atoms with Crippen LogP contribution in [0.5, 0.6) is 0 Å². The van der Waals surface area contributed by atoms with Crippen molar-refractivity contribution in [3.63, 3.8) is 0 Å². The summed E-state index contributed by atoms with van der Waals surface area (Å²) in [6.45, 7) is 4.16. The van der Waals surface area contributed by atoms with E-state index >= 15 is 0 Å². The standard InChI is InChI=1S/C22H29N3O3/c1-14-7-5-11-18(15(14)2)23-19(26)13-25-20(27)22(24-21(25)28)12-6-9-16-8-3-4-10-17(16)22/h3-4,8,10,14-15,18H,5-7,9,11-13H2,1-2H3,(H,23,26)(H,24,28)/t14-,15+,18+,22-/m0/s1. The van der Waals surface area contributed by atoms with E-state index in [9.17, 15) is 14.4 Å². The van der Waals surface area contributed by atoms with Crippen molar-refractivity contribution in [2.75, 3.05) is 6.54 Å². The number of imide groups is 1. The van der Waals surface area contributed by atoms with Gasteiger partial charge in [0.2, 0.25) is 5.91 Å². The third-order valence-corrected chi connectivity index (χ3v) is 7.01. The Labute approximate surface area is 166 Å². The van der Waals surface area contributed by atoms with E-state index in [2.05, 4.69) is 24.5 Å². The predicted octanol–water partition coefficient (Wildman–Crippen LogP) is 2.71. The second kappa shape index (κ2) is 7.22. The summed E-state index contributed by atoms with van der Waals surface area (Å²) in [5.74, 6) is 0.413. The number of benzene rings is 1. The zero-order valence-electron chi connectivity index (χ0n) is 16.7. The lowest BCUT2D eigenvalue weighted by atomic mass is 9.76. The van der Waals surface area contributed by atoms with Crippen molar-refractivity contribution in [1.29, 1.82) is 0 Å². The number of carbonyl (C=O) groups excluding carboxylic acids is 3. The van der Waals surface area contributed by atoms with Gasteiger partial charge in [-0.15, -0.1) is 0 Å². The van der Waals surface area contributed by atoms with Crippen LogP contribution in [-0.2, 0) is 21.5 Å². The lowest BCUT2D eigenvalue weighted by Gasteiger charge is -2.35. The third kappa shape index (κ3) is 3.09. The highest BCUT2D eigenvalue weighted by Crippen LogP contribution is 2.39. The molecular formula is C22H29N3O3. The van der Waals surface area contributed by atoms with Crippen molar-refractivity contribution in [3.8, 4) is 0 Å². The molecule has 28 heavy (non-hydrogen) atoms. The van der Waals surface area contributed by atoms with Gasteiger partial charge in [-0.2, -0.15) is 0 Å². The van der Waals surface area contributed by atoms with E-state index in [1.54, 1.807) is 0 Å². The molecule has 1 aromatic rings. The maximum Gasteiger partial charge on any atom is 0.325 e. The van der Waals surface area contributed by atoms with Crippen molar-refractivity contribution in [3.05, 3.63) is 35.4 Å². The minimum absolute atomic E-state index is 0.112. The second-order valence-corrected chi connectivity index (χ2v) is 8.68. The second-order valence-electron chi connectivity index (χ2n) is 8.68. The smallest absolute Gasteiger partial charge is 0.325 e. The van der Waals surface area contributed by atoms with E-state index in [1.807, 2.05) is 24.3 Å². The quantitative estimate of drug-likeness (QED) is 0.788. The molecule has 1 aromatic carbocycles. The molecule has 3 aliphatic rings. The summed E-state index contributed by atoms with van der Waals surface area (Å²) >= 11 is 0. The Morgan fingerprint density at radius 2 is 2.00 bits per heavy atom. The summed E-state index contributed by atoms with van der Waals surface area (Å²) in [6.07, 6.45) is 5.54. The molecule has 4 rings (SSSR count). The number of hydrogen-bond donors (Lipinski definition) is 2. The Morgan fingerprint density at radius 3 is 2.82 bits per heavy atom. The number of fused-ring (bicyclic) bond motifs is 2. The summed E-state index contributed by atoms with van der Waals surface area (Å²) < 4.78 is 0.